The van der Waals surface area contributed by atoms with Crippen molar-refractivity contribution in [2.45, 2.75) is 65.0 Å². The van der Waals surface area contributed by atoms with Crippen LogP contribution < -0.4 is 5.32 Å². The van der Waals surface area contributed by atoms with Gasteiger partial charge in [0.25, 0.3) is 0 Å². The quantitative estimate of drug-likeness (QED) is 0.811. The van der Waals surface area contributed by atoms with Crippen LogP contribution in [0.25, 0.3) is 0 Å². The van der Waals surface area contributed by atoms with Crippen LogP contribution in [-0.4, -0.2) is 49.8 Å². The van der Waals surface area contributed by atoms with Crippen LogP contribution in [0, 0.1) is 11.8 Å². The van der Waals surface area contributed by atoms with E-state index >= 15 is 0 Å². The summed E-state index contributed by atoms with van der Waals surface area (Å²) in [4.78, 5) is 2.70. The Balaban J connectivity index is 1.94. The van der Waals surface area contributed by atoms with E-state index in [4.69, 9.17) is 4.74 Å². The summed E-state index contributed by atoms with van der Waals surface area (Å²) in [5.41, 5.74) is 0. The van der Waals surface area contributed by atoms with E-state index in [1.165, 1.54) is 38.6 Å². The van der Waals surface area contributed by atoms with Crippen molar-refractivity contribution in [1.29, 1.82) is 0 Å². The highest BCUT2D eigenvalue weighted by molar-refractivity contribution is 4.88. The second-order valence-corrected chi connectivity index (χ2v) is 6.64. The highest BCUT2D eigenvalue weighted by Crippen LogP contribution is 2.32. The van der Waals surface area contributed by atoms with Crippen molar-refractivity contribution >= 4 is 0 Å². The Morgan fingerprint density at radius 1 is 1.15 bits per heavy atom. The van der Waals surface area contributed by atoms with E-state index in [0.717, 1.165) is 44.2 Å². The topological polar surface area (TPSA) is 24.5 Å². The van der Waals surface area contributed by atoms with Gasteiger partial charge >= 0.3 is 0 Å². The molecule has 3 nitrogen and oxygen atoms in total. The molecular formula is C17H34N2O. The minimum Gasteiger partial charge on any atom is -0.378 e. The lowest BCUT2D eigenvalue weighted by molar-refractivity contribution is -0.0224. The van der Waals surface area contributed by atoms with Crippen molar-refractivity contribution in [2.75, 3.05) is 32.8 Å². The smallest absolute Gasteiger partial charge is 0.0622 e. The van der Waals surface area contributed by atoms with Gasteiger partial charge in [-0.1, -0.05) is 27.2 Å². The molecule has 118 valence electrons. The van der Waals surface area contributed by atoms with Gasteiger partial charge in [-0.05, 0) is 44.1 Å². The number of hydrogen-bond acceptors (Lipinski definition) is 3. The van der Waals surface area contributed by atoms with Gasteiger partial charge in [-0.3, -0.25) is 4.90 Å². The van der Waals surface area contributed by atoms with Crippen LogP contribution in [0.2, 0.25) is 0 Å². The first-order chi connectivity index (χ1) is 9.78. The standard InChI is InChI=1S/C17H34N2O/c1-4-14-7-8-17(18-6-3)15(11-14)12-19-9-10-20-13-16(19)5-2/h14-18H,4-13H2,1-3H3. The van der Waals surface area contributed by atoms with E-state index in [2.05, 4.69) is 31.0 Å². The highest BCUT2D eigenvalue weighted by atomic mass is 16.5. The molecular weight excluding hydrogens is 248 g/mol. The van der Waals surface area contributed by atoms with Crippen molar-refractivity contribution in [3.05, 3.63) is 0 Å². The molecule has 0 radical (unpaired) electrons. The number of hydrogen-bond donors (Lipinski definition) is 1. The van der Waals surface area contributed by atoms with Crippen molar-refractivity contribution in [3.8, 4) is 0 Å². The van der Waals surface area contributed by atoms with Crippen molar-refractivity contribution in [1.82, 2.24) is 10.2 Å². The summed E-state index contributed by atoms with van der Waals surface area (Å²) in [7, 11) is 0. The van der Waals surface area contributed by atoms with Gasteiger partial charge in [0.05, 0.1) is 13.2 Å². The number of morpholine rings is 1. The number of rotatable bonds is 6. The molecule has 0 spiro atoms. The fourth-order valence-electron chi connectivity index (χ4n) is 4.07. The molecule has 3 heteroatoms. The minimum atomic E-state index is 0.646. The molecule has 1 N–H and O–H groups in total. The summed E-state index contributed by atoms with van der Waals surface area (Å²) in [5.74, 6) is 1.79. The molecule has 0 amide bonds. The van der Waals surface area contributed by atoms with Gasteiger partial charge in [-0.2, -0.15) is 0 Å². The maximum atomic E-state index is 5.65. The molecule has 1 saturated carbocycles. The second-order valence-electron chi connectivity index (χ2n) is 6.64. The molecule has 20 heavy (non-hydrogen) atoms. The van der Waals surface area contributed by atoms with Gasteiger partial charge in [-0.25, -0.2) is 0 Å². The lowest BCUT2D eigenvalue weighted by Crippen LogP contribution is -2.51. The van der Waals surface area contributed by atoms with Gasteiger partial charge in [0.2, 0.25) is 0 Å². The average Bonchev–Trinajstić information content (AvgIpc) is 2.49. The van der Waals surface area contributed by atoms with E-state index in [1.807, 2.05) is 0 Å². The second kappa shape index (κ2) is 8.35. The number of nitrogens with zero attached hydrogens (tertiary/aromatic N) is 1. The Hall–Kier alpha value is -0.120. The van der Waals surface area contributed by atoms with Gasteiger partial charge < -0.3 is 10.1 Å². The Labute approximate surface area is 125 Å². The van der Waals surface area contributed by atoms with Crippen LogP contribution in [0.4, 0.5) is 0 Å². The van der Waals surface area contributed by atoms with Crippen molar-refractivity contribution in [2.24, 2.45) is 11.8 Å². The molecule has 0 aromatic carbocycles. The fourth-order valence-corrected chi connectivity index (χ4v) is 4.07. The van der Waals surface area contributed by atoms with Crippen LogP contribution in [0.15, 0.2) is 0 Å². The fraction of sp³-hybridized carbons (Fsp3) is 1.00. The molecule has 1 heterocycles. The van der Waals surface area contributed by atoms with Crippen molar-refractivity contribution < 1.29 is 4.74 Å². The van der Waals surface area contributed by atoms with E-state index in [1.54, 1.807) is 0 Å². The van der Waals surface area contributed by atoms with E-state index in [-0.39, 0.29) is 0 Å². The first-order valence-electron chi connectivity index (χ1n) is 8.83. The van der Waals surface area contributed by atoms with Crippen LogP contribution >= 0.6 is 0 Å². The summed E-state index contributed by atoms with van der Waals surface area (Å²) < 4.78 is 5.65. The highest BCUT2D eigenvalue weighted by Gasteiger charge is 2.32. The number of nitrogens with one attached hydrogen (secondary N) is 1. The molecule has 1 aliphatic carbocycles. The van der Waals surface area contributed by atoms with E-state index < -0.39 is 0 Å². The molecule has 2 fully saturated rings. The first kappa shape index (κ1) is 16.3. The zero-order valence-corrected chi connectivity index (χ0v) is 13.7. The Kier molecular flexibility index (Phi) is 6.79. The zero-order chi connectivity index (χ0) is 14.4. The summed E-state index contributed by atoms with van der Waals surface area (Å²) in [5, 5.41) is 3.74. The monoisotopic (exact) mass is 282 g/mol. The predicted octanol–water partition coefficient (Wildman–Crippen LogP) is 2.90. The Bertz CT molecular complexity index is 272. The maximum Gasteiger partial charge on any atom is 0.0622 e. The van der Waals surface area contributed by atoms with Gasteiger partial charge in [0.1, 0.15) is 0 Å². The van der Waals surface area contributed by atoms with Crippen LogP contribution in [0.5, 0.6) is 0 Å². The summed E-state index contributed by atoms with van der Waals surface area (Å²) in [6, 6.07) is 1.39. The van der Waals surface area contributed by atoms with E-state index in [9.17, 15) is 0 Å². The third-order valence-electron chi connectivity index (χ3n) is 5.42. The average molecular weight is 282 g/mol. The predicted molar refractivity (Wildman–Crippen MR) is 85.1 cm³/mol. The molecule has 1 aliphatic heterocycles. The minimum absolute atomic E-state index is 0.646. The maximum absolute atomic E-state index is 5.65. The zero-order valence-electron chi connectivity index (χ0n) is 13.7. The number of ether oxygens (including phenoxy) is 1. The molecule has 4 atom stereocenters. The lowest BCUT2D eigenvalue weighted by Gasteiger charge is -2.42. The van der Waals surface area contributed by atoms with Crippen molar-refractivity contribution in [3.63, 3.8) is 0 Å². The summed E-state index contributed by atoms with van der Waals surface area (Å²) in [6.07, 6.45) is 6.79. The molecule has 2 rings (SSSR count). The molecule has 0 aromatic heterocycles. The SMILES string of the molecule is CCNC1CCC(CC)CC1CN1CCOCC1CC. The van der Waals surface area contributed by atoms with Gasteiger partial charge in [0.15, 0.2) is 0 Å². The van der Waals surface area contributed by atoms with Gasteiger partial charge in [-0.15, -0.1) is 0 Å². The van der Waals surface area contributed by atoms with E-state index in [0.29, 0.717) is 6.04 Å². The largest absolute Gasteiger partial charge is 0.378 e. The Morgan fingerprint density at radius 2 is 2.00 bits per heavy atom. The summed E-state index contributed by atoms with van der Waals surface area (Å²) >= 11 is 0. The van der Waals surface area contributed by atoms with Crippen LogP contribution in [-0.2, 0) is 4.74 Å². The molecule has 2 aliphatic rings. The summed E-state index contributed by atoms with van der Waals surface area (Å²) in [6.45, 7) is 12.3. The molecule has 0 aromatic rings. The van der Waals surface area contributed by atoms with Crippen LogP contribution in [0.1, 0.15) is 52.9 Å². The molecule has 0 bridgehead atoms. The lowest BCUT2D eigenvalue weighted by atomic mass is 9.76. The normalized spacial score (nSPS) is 36.1. The molecule has 1 saturated heterocycles. The van der Waals surface area contributed by atoms with Crippen LogP contribution in [0.3, 0.4) is 0 Å². The first-order valence-corrected chi connectivity index (χ1v) is 8.83. The third-order valence-corrected chi connectivity index (χ3v) is 5.42. The Morgan fingerprint density at radius 3 is 2.70 bits per heavy atom. The van der Waals surface area contributed by atoms with Gasteiger partial charge in [0, 0.05) is 25.2 Å². The third kappa shape index (κ3) is 4.19. The molecule has 4 unspecified atom stereocenters.